The summed E-state index contributed by atoms with van der Waals surface area (Å²) in [6, 6.07) is 0. The van der Waals surface area contributed by atoms with Crippen molar-refractivity contribution in [2.45, 2.75) is 26.2 Å². The lowest BCUT2D eigenvalue weighted by Gasteiger charge is -2.13. The van der Waals surface area contributed by atoms with Gasteiger partial charge in [0.25, 0.3) is 0 Å². The van der Waals surface area contributed by atoms with Gasteiger partial charge in [-0.3, -0.25) is 14.5 Å². The molecule has 1 saturated heterocycles. The molecule has 0 N–H and O–H groups in total. The molecular weight excluding hydrogens is 186 g/mol. The lowest BCUT2D eigenvalue weighted by atomic mass is 10.1. The van der Waals surface area contributed by atoms with E-state index in [1.165, 1.54) is 4.90 Å². The van der Waals surface area contributed by atoms with Crippen LogP contribution in [-0.4, -0.2) is 29.0 Å². The van der Waals surface area contributed by atoms with Crippen molar-refractivity contribution in [2.24, 2.45) is 5.92 Å². The minimum absolute atomic E-state index is 0.0100. The molecule has 3 nitrogen and oxygen atoms in total. The number of carbonyl (C=O) groups is 2. The van der Waals surface area contributed by atoms with Crippen molar-refractivity contribution < 1.29 is 9.59 Å². The topological polar surface area (TPSA) is 37.4 Å². The fourth-order valence-corrected chi connectivity index (χ4v) is 1.69. The number of imide groups is 1. The van der Waals surface area contributed by atoms with Gasteiger partial charge in [-0.05, 0) is 18.6 Å². The highest BCUT2D eigenvalue weighted by Gasteiger charge is 2.34. The standard InChI is InChI=1S/C9H15NO2S/c1-7-6-8(11)10(9(7)12)4-2-3-5-13/h7,13H,2-6H2,1H3. The Kier molecular flexibility index (Phi) is 3.78. The molecule has 0 radical (unpaired) electrons. The smallest absolute Gasteiger partial charge is 0.232 e. The lowest BCUT2D eigenvalue weighted by Crippen LogP contribution is -2.31. The first-order valence-electron chi connectivity index (χ1n) is 4.62. The molecule has 0 bridgehead atoms. The Hall–Kier alpha value is -0.510. The predicted octanol–water partition coefficient (Wildman–Crippen LogP) is 1.09. The van der Waals surface area contributed by atoms with Gasteiger partial charge in [0.15, 0.2) is 0 Å². The van der Waals surface area contributed by atoms with Crippen molar-refractivity contribution in [3.63, 3.8) is 0 Å². The number of unbranched alkanes of at least 4 members (excludes halogenated alkanes) is 1. The maximum absolute atomic E-state index is 11.4. The summed E-state index contributed by atoms with van der Waals surface area (Å²) >= 11 is 4.07. The highest BCUT2D eigenvalue weighted by Crippen LogP contribution is 2.18. The number of rotatable bonds is 4. The summed E-state index contributed by atoms with van der Waals surface area (Å²) in [5.41, 5.74) is 0. The van der Waals surface area contributed by atoms with Crippen LogP contribution in [0.5, 0.6) is 0 Å². The molecular formula is C9H15NO2S. The average molecular weight is 201 g/mol. The molecule has 0 aromatic carbocycles. The van der Waals surface area contributed by atoms with Crippen molar-refractivity contribution in [1.29, 1.82) is 0 Å². The van der Waals surface area contributed by atoms with Gasteiger partial charge in [-0.2, -0.15) is 12.6 Å². The second kappa shape index (κ2) is 4.65. The van der Waals surface area contributed by atoms with E-state index in [0.29, 0.717) is 13.0 Å². The monoisotopic (exact) mass is 201 g/mol. The van der Waals surface area contributed by atoms with Crippen LogP contribution < -0.4 is 0 Å². The minimum atomic E-state index is -0.108. The van der Waals surface area contributed by atoms with E-state index in [1.807, 2.05) is 0 Å². The Labute approximate surface area is 83.9 Å². The fourth-order valence-electron chi connectivity index (χ4n) is 1.46. The van der Waals surface area contributed by atoms with Crippen LogP contribution in [0, 0.1) is 5.92 Å². The zero-order chi connectivity index (χ0) is 9.84. The number of hydrogen-bond donors (Lipinski definition) is 1. The van der Waals surface area contributed by atoms with Gasteiger partial charge < -0.3 is 0 Å². The minimum Gasteiger partial charge on any atom is -0.282 e. The molecule has 1 heterocycles. The maximum Gasteiger partial charge on any atom is 0.232 e. The van der Waals surface area contributed by atoms with Crippen molar-refractivity contribution in [2.75, 3.05) is 12.3 Å². The Morgan fingerprint density at radius 1 is 1.46 bits per heavy atom. The fraction of sp³-hybridized carbons (Fsp3) is 0.778. The van der Waals surface area contributed by atoms with Gasteiger partial charge in [0.05, 0.1) is 0 Å². The molecule has 0 spiro atoms. The number of thiol groups is 1. The Bertz CT molecular complexity index is 218. The maximum atomic E-state index is 11.4. The largest absolute Gasteiger partial charge is 0.282 e. The normalized spacial score (nSPS) is 22.9. The number of carbonyl (C=O) groups excluding carboxylic acids is 2. The van der Waals surface area contributed by atoms with E-state index >= 15 is 0 Å². The highest BCUT2D eigenvalue weighted by atomic mass is 32.1. The van der Waals surface area contributed by atoms with Gasteiger partial charge in [-0.1, -0.05) is 6.92 Å². The number of nitrogens with zero attached hydrogens (tertiary/aromatic N) is 1. The summed E-state index contributed by atoms with van der Waals surface area (Å²) < 4.78 is 0. The van der Waals surface area contributed by atoms with Crippen molar-refractivity contribution in [3.8, 4) is 0 Å². The van der Waals surface area contributed by atoms with Crippen LogP contribution in [0.25, 0.3) is 0 Å². The third-order valence-electron chi connectivity index (χ3n) is 2.26. The number of amides is 2. The van der Waals surface area contributed by atoms with E-state index in [1.54, 1.807) is 6.92 Å². The van der Waals surface area contributed by atoms with E-state index < -0.39 is 0 Å². The number of hydrogen-bond acceptors (Lipinski definition) is 3. The first kappa shape index (κ1) is 10.6. The molecule has 13 heavy (non-hydrogen) atoms. The van der Waals surface area contributed by atoms with Crippen LogP contribution in [0.1, 0.15) is 26.2 Å². The Morgan fingerprint density at radius 2 is 2.15 bits per heavy atom. The summed E-state index contributed by atoms with van der Waals surface area (Å²) in [6.07, 6.45) is 2.21. The van der Waals surface area contributed by atoms with Gasteiger partial charge in [0.2, 0.25) is 11.8 Å². The zero-order valence-electron chi connectivity index (χ0n) is 7.82. The SMILES string of the molecule is CC1CC(=O)N(CCCCS)C1=O. The summed E-state index contributed by atoms with van der Waals surface area (Å²) in [5.74, 6) is 0.676. The first-order chi connectivity index (χ1) is 6.16. The van der Waals surface area contributed by atoms with Crippen molar-refractivity contribution in [3.05, 3.63) is 0 Å². The first-order valence-corrected chi connectivity index (χ1v) is 5.25. The van der Waals surface area contributed by atoms with Crippen LogP contribution in [0.15, 0.2) is 0 Å². The number of likely N-dealkylation sites (tertiary alicyclic amines) is 1. The van der Waals surface area contributed by atoms with Gasteiger partial charge in [0, 0.05) is 18.9 Å². The zero-order valence-corrected chi connectivity index (χ0v) is 8.72. The Morgan fingerprint density at radius 3 is 2.62 bits per heavy atom. The molecule has 1 aliphatic rings. The van der Waals surface area contributed by atoms with Crippen molar-refractivity contribution in [1.82, 2.24) is 4.90 Å². The summed E-state index contributed by atoms with van der Waals surface area (Å²) in [5, 5.41) is 0. The molecule has 2 amide bonds. The third kappa shape index (κ3) is 2.46. The van der Waals surface area contributed by atoms with E-state index in [4.69, 9.17) is 0 Å². The van der Waals surface area contributed by atoms with Crippen LogP contribution in [-0.2, 0) is 9.59 Å². The van der Waals surface area contributed by atoms with E-state index in [0.717, 1.165) is 18.6 Å². The summed E-state index contributed by atoms with van der Waals surface area (Å²) in [7, 11) is 0. The quantitative estimate of drug-likeness (QED) is 0.420. The molecule has 1 aliphatic heterocycles. The van der Waals surface area contributed by atoms with E-state index in [-0.39, 0.29) is 17.7 Å². The molecule has 0 saturated carbocycles. The molecule has 1 rings (SSSR count). The van der Waals surface area contributed by atoms with Crippen molar-refractivity contribution >= 4 is 24.4 Å². The molecule has 1 atom stereocenters. The third-order valence-corrected chi connectivity index (χ3v) is 2.58. The van der Waals surface area contributed by atoms with E-state index in [2.05, 4.69) is 12.6 Å². The van der Waals surface area contributed by atoms with Crippen LogP contribution >= 0.6 is 12.6 Å². The van der Waals surface area contributed by atoms with Gasteiger partial charge in [-0.15, -0.1) is 0 Å². The second-order valence-corrected chi connectivity index (χ2v) is 3.87. The second-order valence-electron chi connectivity index (χ2n) is 3.42. The molecule has 74 valence electrons. The lowest BCUT2D eigenvalue weighted by molar-refractivity contribution is -0.139. The van der Waals surface area contributed by atoms with E-state index in [9.17, 15) is 9.59 Å². The van der Waals surface area contributed by atoms with Gasteiger partial charge >= 0.3 is 0 Å². The average Bonchev–Trinajstić information content (AvgIpc) is 2.32. The summed E-state index contributed by atoms with van der Waals surface area (Å²) in [4.78, 5) is 24.1. The molecule has 1 unspecified atom stereocenters. The van der Waals surface area contributed by atoms with Crippen LogP contribution in [0.2, 0.25) is 0 Å². The molecule has 0 aromatic rings. The predicted molar refractivity (Wildman–Crippen MR) is 53.6 cm³/mol. The summed E-state index contributed by atoms with van der Waals surface area (Å²) in [6.45, 7) is 2.38. The van der Waals surface area contributed by atoms with Crippen LogP contribution in [0.3, 0.4) is 0 Å². The van der Waals surface area contributed by atoms with Gasteiger partial charge in [-0.25, -0.2) is 0 Å². The molecule has 4 heteroatoms. The molecule has 0 aromatic heterocycles. The molecule has 1 fully saturated rings. The van der Waals surface area contributed by atoms with Crippen LogP contribution in [0.4, 0.5) is 0 Å². The molecule has 0 aliphatic carbocycles. The van der Waals surface area contributed by atoms with Gasteiger partial charge in [0.1, 0.15) is 0 Å². The highest BCUT2D eigenvalue weighted by molar-refractivity contribution is 7.80. The Balaban J connectivity index is 2.40.